The van der Waals surface area contributed by atoms with Gasteiger partial charge in [-0.15, -0.1) is 0 Å². The van der Waals surface area contributed by atoms with E-state index in [1.807, 2.05) is 0 Å². The van der Waals surface area contributed by atoms with E-state index in [2.05, 4.69) is 5.32 Å². The highest BCUT2D eigenvalue weighted by Crippen LogP contribution is 2.34. The van der Waals surface area contributed by atoms with Crippen molar-refractivity contribution in [3.63, 3.8) is 0 Å². The van der Waals surface area contributed by atoms with Crippen molar-refractivity contribution in [2.45, 2.75) is 18.9 Å². The highest BCUT2D eigenvalue weighted by molar-refractivity contribution is 7.51. The van der Waals surface area contributed by atoms with Crippen molar-refractivity contribution in [1.29, 1.82) is 0 Å². The molecular weight excluding hydrogens is 239 g/mol. The smallest absolute Gasteiger partial charge is 0.325 e. The summed E-state index contributed by atoms with van der Waals surface area (Å²) in [6.07, 6.45) is -0.641. The zero-order chi connectivity index (χ0) is 12.8. The first-order chi connectivity index (χ1) is 7.22. The molecule has 0 aromatic heterocycles. The van der Waals surface area contributed by atoms with Crippen molar-refractivity contribution in [2.75, 3.05) is 12.7 Å². The molecule has 1 amide bonds. The number of nitrogens with two attached hydrogens (primary N) is 1. The number of primary amides is 1. The Labute approximate surface area is 92.0 Å². The van der Waals surface area contributed by atoms with Gasteiger partial charge in [0.2, 0.25) is 5.91 Å². The molecule has 16 heavy (non-hydrogen) atoms. The van der Waals surface area contributed by atoms with Gasteiger partial charge in [0.1, 0.15) is 0 Å². The van der Waals surface area contributed by atoms with E-state index in [0.717, 1.165) is 0 Å². The van der Waals surface area contributed by atoms with Gasteiger partial charge in [0, 0.05) is 0 Å². The van der Waals surface area contributed by atoms with Crippen LogP contribution in [0.5, 0.6) is 0 Å². The largest absolute Gasteiger partial charge is 0.481 e. The van der Waals surface area contributed by atoms with Gasteiger partial charge in [0.15, 0.2) is 0 Å². The number of hydrogen-bond donors (Lipinski definition) is 5. The number of carbonyl (C=O) groups is 2. The van der Waals surface area contributed by atoms with Gasteiger partial charge in [-0.1, -0.05) is 0 Å². The van der Waals surface area contributed by atoms with Crippen LogP contribution in [-0.2, 0) is 14.2 Å². The van der Waals surface area contributed by atoms with E-state index in [1.165, 1.54) is 0 Å². The molecule has 0 aromatic rings. The Kier molecular flexibility index (Phi) is 6.20. The lowest BCUT2D eigenvalue weighted by atomic mass is 10.2. The maximum absolute atomic E-state index is 10.8. The van der Waals surface area contributed by atoms with E-state index in [-0.39, 0.29) is 19.1 Å². The normalized spacial score (nSPS) is 13.4. The summed E-state index contributed by atoms with van der Waals surface area (Å²) in [6.45, 7) is 0.117. The first-order valence-corrected chi connectivity index (χ1v) is 6.31. The molecular formula is C7H15N2O6P. The fourth-order valence-electron chi connectivity index (χ4n) is 1.01. The summed E-state index contributed by atoms with van der Waals surface area (Å²) >= 11 is 0. The Morgan fingerprint density at radius 1 is 1.38 bits per heavy atom. The maximum atomic E-state index is 10.8. The number of carboxylic acid groups (broad SMARTS) is 1. The van der Waals surface area contributed by atoms with Crippen LogP contribution in [-0.4, -0.2) is 45.5 Å². The van der Waals surface area contributed by atoms with Crippen molar-refractivity contribution in [3.05, 3.63) is 0 Å². The van der Waals surface area contributed by atoms with Crippen LogP contribution >= 0.6 is 7.60 Å². The lowest BCUT2D eigenvalue weighted by Gasteiger charge is -2.13. The summed E-state index contributed by atoms with van der Waals surface area (Å²) in [5.74, 6) is -1.98. The average molecular weight is 254 g/mol. The highest BCUT2D eigenvalue weighted by Gasteiger charge is 2.18. The monoisotopic (exact) mass is 254 g/mol. The Hall–Kier alpha value is -0.950. The van der Waals surface area contributed by atoms with E-state index in [1.54, 1.807) is 0 Å². The molecule has 0 radical (unpaired) electrons. The van der Waals surface area contributed by atoms with Gasteiger partial charge in [-0.25, -0.2) is 0 Å². The molecule has 0 spiro atoms. The van der Waals surface area contributed by atoms with Crippen LogP contribution in [0.2, 0.25) is 0 Å². The van der Waals surface area contributed by atoms with E-state index in [4.69, 9.17) is 20.6 Å². The van der Waals surface area contributed by atoms with Gasteiger partial charge >= 0.3 is 13.6 Å². The van der Waals surface area contributed by atoms with Gasteiger partial charge in [0.05, 0.1) is 18.6 Å². The summed E-state index contributed by atoms with van der Waals surface area (Å²) in [5, 5.41) is 11.0. The third-order valence-corrected chi connectivity index (χ3v) is 2.64. The van der Waals surface area contributed by atoms with Crippen molar-refractivity contribution in [2.24, 2.45) is 5.73 Å². The first kappa shape index (κ1) is 15.0. The Bertz CT molecular complexity index is 301. The van der Waals surface area contributed by atoms with E-state index >= 15 is 0 Å². The molecule has 0 rings (SSSR count). The maximum Gasteiger partial charge on any atom is 0.325 e. The Morgan fingerprint density at radius 3 is 2.31 bits per heavy atom. The molecule has 8 nitrogen and oxygen atoms in total. The molecule has 0 unspecified atom stereocenters. The Balaban J connectivity index is 3.90. The molecule has 0 aliphatic carbocycles. The van der Waals surface area contributed by atoms with Crippen LogP contribution in [0.3, 0.4) is 0 Å². The number of hydrogen-bond acceptors (Lipinski definition) is 4. The van der Waals surface area contributed by atoms with Crippen LogP contribution in [0, 0.1) is 0 Å². The fourth-order valence-corrected chi connectivity index (χ4v) is 1.58. The van der Waals surface area contributed by atoms with E-state index in [0.29, 0.717) is 0 Å². The SMILES string of the molecule is NC(=O)[C@H](CC(=O)O)NCCCP(=O)(O)O. The minimum absolute atomic E-state index is 0.117. The second kappa shape index (κ2) is 6.59. The van der Waals surface area contributed by atoms with Crippen LogP contribution in [0.15, 0.2) is 0 Å². The van der Waals surface area contributed by atoms with Gasteiger partial charge in [0.25, 0.3) is 0 Å². The predicted octanol–water partition coefficient (Wildman–Crippen LogP) is -1.53. The summed E-state index contributed by atoms with van der Waals surface area (Å²) in [5.41, 5.74) is 4.93. The topological polar surface area (TPSA) is 150 Å². The molecule has 1 atom stereocenters. The molecule has 94 valence electrons. The van der Waals surface area contributed by atoms with Gasteiger partial charge < -0.3 is 25.9 Å². The van der Waals surface area contributed by atoms with Crippen molar-refractivity contribution in [3.8, 4) is 0 Å². The van der Waals surface area contributed by atoms with E-state index in [9.17, 15) is 14.2 Å². The molecule has 0 bridgehead atoms. The number of rotatable bonds is 8. The second-order valence-corrected chi connectivity index (χ2v) is 5.03. The van der Waals surface area contributed by atoms with Crippen LogP contribution in [0.4, 0.5) is 0 Å². The molecule has 0 heterocycles. The first-order valence-electron chi connectivity index (χ1n) is 4.51. The number of aliphatic carboxylic acids is 1. The number of nitrogens with one attached hydrogen (secondary N) is 1. The predicted molar refractivity (Wildman–Crippen MR) is 54.8 cm³/mol. The third-order valence-electron chi connectivity index (χ3n) is 1.74. The molecule has 6 N–H and O–H groups in total. The lowest BCUT2D eigenvalue weighted by Crippen LogP contribution is -2.43. The lowest BCUT2D eigenvalue weighted by molar-refractivity contribution is -0.139. The quantitative estimate of drug-likeness (QED) is 0.260. The van der Waals surface area contributed by atoms with Crippen LogP contribution < -0.4 is 11.1 Å². The van der Waals surface area contributed by atoms with Gasteiger partial charge in [-0.2, -0.15) is 0 Å². The number of amides is 1. The summed E-state index contributed by atoms with van der Waals surface area (Å²) in [7, 11) is -4.05. The molecule has 0 aliphatic rings. The average Bonchev–Trinajstić information content (AvgIpc) is 2.07. The molecule has 0 aromatic carbocycles. The summed E-state index contributed by atoms with van der Waals surface area (Å²) in [6, 6.07) is -1.02. The zero-order valence-corrected chi connectivity index (χ0v) is 9.39. The third kappa shape index (κ3) is 8.37. The summed E-state index contributed by atoms with van der Waals surface area (Å²) < 4.78 is 10.5. The van der Waals surface area contributed by atoms with Crippen molar-refractivity contribution in [1.82, 2.24) is 5.32 Å². The van der Waals surface area contributed by atoms with Crippen molar-refractivity contribution < 1.29 is 29.0 Å². The van der Waals surface area contributed by atoms with Crippen molar-refractivity contribution >= 4 is 19.5 Å². The zero-order valence-electron chi connectivity index (χ0n) is 8.50. The number of carbonyl (C=O) groups excluding carboxylic acids is 1. The van der Waals surface area contributed by atoms with E-state index < -0.39 is 31.9 Å². The second-order valence-electron chi connectivity index (χ2n) is 3.25. The number of carboxylic acids is 1. The fraction of sp³-hybridized carbons (Fsp3) is 0.714. The molecule has 9 heteroatoms. The van der Waals surface area contributed by atoms with Gasteiger partial charge in [-0.05, 0) is 13.0 Å². The molecule has 0 aliphatic heterocycles. The highest BCUT2D eigenvalue weighted by atomic mass is 31.2. The molecule has 0 saturated heterocycles. The standard InChI is InChI=1S/C7H15N2O6P/c8-7(12)5(4-6(10)11)9-2-1-3-16(13,14)15/h5,9H,1-4H2,(H2,8,12)(H,10,11)(H2,13,14,15)/t5-/m0/s1. The van der Waals surface area contributed by atoms with Crippen LogP contribution in [0.25, 0.3) is 0 Å². The minimum atomic E-state index is -4.05. The molecule has 0 saturated carbocycles. The summed E-state index contributed by atoms with van der Waals surface area (Å²) in [4.78, 5) is 38.2. The minimum Gasteiger partial charge on any atom is -0.481 e. The van der Waals surface area contributed by atoms with Crippen LogP contribution in [0.1, 0.15) is 12.8 Å². The Morgan fingerprint density at radius 2 is 1.94 bits per heavy atom. The molecule has 0 fully saturated rings. The van der Waals surface area contributed by atoms with Gasteiger partial charge in [-0.3, -0.25) is 14.2 Å².